The van der Waals surface area contributed by atoms with Crippen molar-refractivity contribution in [1.82, 2.24) is 4.90 Å². The second-order valence-corrected chi connectivity index (χ2v) is 6.34. The molecule has 0 atom stereocenters. The van der Waals surface area contributed by atoms with E-state index in [2.05, 4.69) is 51.9 Å². The zero-order valence-electron chi connectivity index (χ0n) is 12.9. The third-order valence-electron chi connectivity index (χ3n) is 4.46. The molecule has 0 aliphatic carbocycles. The summed E-state index contributed by atoms with van der Waals surface area (Å²) in [5.41, 5.74) is 5.70. The Hall–Kier alpha value is -1.75. The fraction of sp³-hybridized carbons (Fsp3) is 0.333. The molecule has 1 saturated heterocycles. The van der Waals surface area contributed by atoms with E-state index in [4.69, 9.17) is 16.3 Å². The van der Waals surface area contributed by atoms with Crippen LogP contribution in [0.15, 0.2) is 36.4 Å². The maximum Gasteiger partial charge on any atom is 0.0850 e. The molecule has 0 spiro atoms. The van der Waals surface area contributed by atoms with Crippen molar-refractivity contribution in [2.75, 3.05) is 43.6 Å². The average Bonchev–Trinajstić information content (AvgIpc) is 3.05. The number of ether oxygens (including phenoxy) is 1. The number of nitrogens with one attached hydrogen (secondary N) is 2. The first-order valence-electron chi connectivity index (χ1n) is 8.01. The Bertz CT molecular complexity index is 713. The van der Waals surface area contributed by atoms with Gasteiger partial charge in [-0.2, -0.15) is 0 Å². The van der Waals surface area contributed by atoms with Crippen molar-refractivity contribution in [2.45, 2.75) is 6.54 Å². The summed E-state index contributed by atoms with van der Waals surface area (Å²) in [5, 5.41) is 7.48. The maximum atomic E-state index is 6.72. The summed E-state index contributed by atoms with van der Waals surface area (Å²) in [5.74, 6) is 0. The predicted molar refractivity (Wildman–Crippen MR) is 95.1 cm³/mol. The van der Waals surface area contributed by atoms with Crippen LogP contribution in [0.4, 0.5) is 11.4 Å². The van der Waals surface area contributed by atoms with Crippen molar-refractivity contribution in [3.63, 3.8) is 0 Å². The zero-order chi connectivity index (χ0) is 15.6. The minimum atomic E-state index is 0.781. The zero-order valence-corrected chi connectivity index (χ0v) is 13.7. The van der Waals surface area contributed by atoms with Crippen molar-refractivity contribution in [1.29, 1.82) is 0 Å². The molecule has 4 rings (SSSR count). The van der Waals surface area contributed by atoms with Crippen molar-refractivity contribution < 1.29 is 4.74 Å². The molecule has 2 heterocycles. The van der Waals surface area contributed by atoms with Gasteiger partial charge in [-0.05, 0) is 23.3 Å². The summed E-state index contributed by atoms with van der Waals surface area (Å²) in [6.45, 7) is 5.20. The number of nitrogens with zero attached hydrogens (tertiary/aromatic N) is 1. The van der Waals surface area contributed by atoms with E-state index >= 15 is 0 Å². The molecular weight excluding hydrogens is 310 g/mol. The van der Waals surface area contributed by atoms with Gasteiger partial charge in [-0.25, -0.2) is 0 Å². The number of rotatable bonds is 3. The van der Waals surface area contributed by atoms with Crippen molar-refractivity contribution in [2.24, 2.45) is 0 Å². The highest BCUT2D eigenvalue weighted by molar-refractivity contribution is 6.34. The summed E-state index contributed by atoms with van der Waals surface area (Å²) in [7, 11) is 0. The molecule has 2 aromatic rings. The molecule has 2 N–H and O–H groups in total. The summed E-state index contributed by atoms with van der Waals surface area (Å²) in [6.07, 6.45) is 0. The third-order valence-corrected chi connectivity index (χ3v) is 4.91. The van der Waals surface area contributed by atoms with E-state index in [0.29, 0.717) is 0 Å². The molecule has 4 nitrogen and oxygen atoms in total. The summed E-state index contributed by atoms with van der Waals surface area (Å²) >= 11 is 6.72. The molecule has 23 heavy (non-hydrogen) atoms. The van der Waals surface area contributed by atoms with E-state index in [0.717, 1.165) is 67.0 Å². The first kappa shape index (κ1) is 14.8. The van der Waals surface area contributed by atoms with Crippen LogP contribution in [0.1, 0.15) is 5.56 Å². The average molecular weight is 330 g/mol. The fourth-order valence-corrected chi connectivity index (χ4v) is 3.47. The lowest BCUT2D eigenvalue weighted by Crippen LogP contribution is -2.35. The number of anilines is 2. The first-order chi connectivity index (χ1) is 11.3. The Morgan fingerprint density at radius 3 is 2.74 bits per heavy atom. The van der Waals surface area contributed by atoms with E-state index in [1.807, 2.05) is 0 Å². The van der Waals surface area contributed by atoms with Crippen LogP contribution in [-0.2, 0) is 11.3 Å². The van der Waals surface area contributed by atoms with Gasteiger partial charge in [0.05, 0.1) is 36.3 Å². The van der Waals surface area contributed by atoms with Gasteiger partial charge >= 0.3 is 0 Å². The second-order valence-electron chi connectivity index (χ2n) is 5.96. The predicted octanol–water partition coefficient (Wildman–Crippen LogP) is 3.63. The van der Waals surface area contributed by atoms with Gasteiger partial charge in [0, 0.05) is 25.2 Å². The normalized spacial score (nSPS) is 17.4. The lowest BCUT2D eigenvalue weighted by Gasteiger charge is -2.27. The highest BCUT2D eigenvalue weighted by atomic mass is 35.5. The summed E-state index contributed by atoms with van der Waals surface area (Å²) in [4.78, 5) is 2.39. The molecule has 0 bridgehead atoms. The molecule has 5 heteroatoms. The Morgan fingerprint density at radius 2 is 1.87 bits per heavy atom. The van der Waals surface area contributed by atoms with Gasteiger partial charge in [0.15, 0.2) is 0 Å². The number of morpholine rings is 1. The van der Waals surface area contributed by atoms with Crippen molar-refractivity contribution >= 4 is 23.0 Å². The third kappa shape index (κ3) is 3.02. The molecule has 120 valence electrons. The minimum absolute atomic E-state index is 0.781. The molecule has 2 aliphatic rings. The largest absolute Gasteiger partial charge is 0.379 e. The monoisotopic (exact) mass is 329 g/mol. The SMILES string of the molecule is Clc1c(CN2CCOCC2)cccc1-c1ccc2c(c1)NCN2. The van der Waals surface area contributed by atoms with Crippen LogP contribution in [0.25, 0.3) is 11.1 Å². The molecule has 2 aliphatic heterocycles. The van der Waals surface area contributed by atoms with E-state index in [1.54, 1.807) is 0 Å². The molecular formula is C18H20ClN3O. The van der Waals surface area contributed by atoms with Gasteiger partial charge in [0.2, 0.25) is 0 Å². The van der Waals surface area contributed by atoms with Crippen LogP contribution in [0.3, 0.4) is 0 Å². The summed E-state index contributed by atoms with van der Waals surface area (Å²) < 4.78 is 5.42. The van der Waals surface area contributed by atoms with Gasteiger partial charge < -0.3 is 15.4 Å². The van der Waals surface area contributed by atoms with E-state index in [9.17, 15) is 0 Å². The van der Waals surface area contributed by atoms with Gasteiger partial charge in [-0.15, -0.1) is 0 Å². The maximum absolute atomic E-state index is 6.72. The molecule has 2 aromatic carbocycles. The fourth-order valence-electron chi connectivity index (χ4n) is 3.17. The second kappa shape index (κ2) is 6.40. The smallest absolute Gasteiger partial charge is 0.0850 e. The van der Waals surface area contributed by atoms with Gasteiger partial charge in [0.1, 0.15) is 0 Å². The lowest BCUT2D eigenvalue weighted by atomic mass is 10.0. The Kier molecular flexibility index (Phi) is 4.12. The molecule has 0 amide bonds. The van der Waals surface area contributed by atoms with Crippen molar-refractivity contribution in [3.8, 4) is 11.1 Å². The van der Waals surface area contributed by atoms with E-state index in [1.165, 1.54) is 5.56 Å². The molecule has 1 fully saturated rings. The number of benzene rings is 2. The molecule has 0 unspecified atom stereocenters. The highest BCUT2D eigenvalue weighted by Gasteiger charge is 2.16. The Labute approximate surface area is 141 Å². The quantitative estimate of drug-likeness (QED) is 0.901. The van der Waals surface area contributed by atoms with Crippen LogP contribution >= 0.6 is 11.6 Å². The van der Waals surface area contributed by atoms with Crippen molar-refractivity contribution in [3.05, 3.63) is 47.0 Å². The van der Waals surface area contributed by atoms with Crippen LogP contribution in [0.2, 0.25) is 5.02 Å². The summed E-state index contributed by atoms with van der Waals surface area (Å²) in [6, 6.07) is 12.7. The number of hydrogen-bond donors (Lipinski definition) is 2. The Morgan fingerprint density at radius 1 is 1.04 bits per heavy atom. The number of halogens is 1. The van der Waals surface area contributed by atoms with E-state index in [-0.39, 0.29) is 0 Å². The first-order valence-corrected chi connectivity index (χ1v) is 8.39. The highest BCUT2D eigenvalue weighted by Crippen LogP contribution is 2.36. The van der Waals surface area contributed by atoms with Crippen LogP contribution in [0.5, 0.6) is 0 Å². The van der Waals surface area contributed by atoms with Crippen LogP contribution in [-0.4, -0.2) is 37.9 Å². The standard InChI is InChI=1S/C18H20ClN3O/c19-18-14(11-22-6-8-23-9-7-22)2-1-3-15(18)13-4-5-16-17(10-13)21-12-20-16/h1-5,10,20-21H,6-9,11-12H2. The minimum Gasteiger partial charge on any atom is -0.379 e. The molecule has 0 saturated carbocycles. The van der Waals surface area contributed by atoms with Crippen LogP contribution < -0.4 is 10.6 Å². The topological polar surface area (TPSA) is 36.5 Å². The molecule has 0 aromatic heterocycles. The number of hydrogen-bond acceptors (Lipinski definition) is 4. The Balaban J connectivity index is 1.63. The molecule has 0 radical (unpaired) electrons. The van der Waals surface area contributed by atoms with Gasteiger partial charge in [0.25, 0.3) is 0 Å². The van der Waals surface area contributed by atoms with Crippen LogP contribution in [0, 0.1) is 0 Å². The van der Waals surface area contributed by atoms with E-state index < -0.39 is 0 Å². The van der Waals surface area contributed by atoms with Gasteiger partial charge in [-0.1, -0.05) is 35.9 Å². The lowest BCUT2D eigenvalue weighted by molar-refractivity contribution is 0.0342. The van der Waals surface area contributed by atoms with Gasteiger partial charge in [-0.3, -0.25) is 4.90 Å². The number of fused-ring (bicyclic) bond motifs is 1.